The van der Waals surface area contributed by atoms with Crippen molar-refractivity contribution >= 4 is 27.3 Å². The Morgan fingerprint density at radius 1 is 1.10 bits per heavy atom. The van der Waals surface area contributed by atoms with Gasteiger partial charge in [-0.25, -0.2) is 13.4 Å². The van der Waals surface area contributed by atoms with Crippen LogP contribution >= 0.6 is 0 Å². The van der Waals surface area contributed by atoms with Crippen LogP contribution in [0, 0.1) is 13.8 Å². The summed E-state index contributed by atoms with van der Waals surface area (Å²) in [6.07, 6.45) is 4.77. The number of hydrogen-bond donors (Lipinski definition) is 1. The molecule has 1 amide bonds. The van der Waals surface area contributed by atoms with Crippen LogP contribution in [0.5, 0.6) is 0 Å². The molecule has 152 valence electrons. The maximum absolute atomic E-state index is 12.5. The van der Waals surface area contributed by atoms with Crippen molar-refractivity contribution in [2.24, 2.45) is 0 Å². The highest BCUT2D eigenvalue weighted by Crippen LogP contribution is 2.22. The zero-order valence-electron chi connectivity index (χ0n) is 16.7. The number of rotatable bonds is 7. The first-order chi connectivity index (χ1) is 13.7. The first-order valence-corrected chi connectivity index (χ1v) is 11.0. The Morgan fingerprint density at radius 2 is 1.79 bits per heavy atom. The number of nitrogens with one attached hydrogen (secondary N) is 1. The number of carbonyl (C=O) groups is 1. The zero-order valence-corrected chi connectivity index (χ0v) is 17.5. The van der Waals surface area contributed by atoms with Gasteiger partial charge in [0.05, 0.1) is 11.9 Å². The van der Waals surface area contributed by atoms with Gasteiger partial charge < -0.3 is 9.88 Å². The summed E-state index contributed by atoms with van der Waals surface area (Å²) in [4.78, 5) is 16.7. The topological polar surface area (TPSA) is 84.3 Å². The molecule has 1 N–H and O–H groups in total. The molecular formula is C21H24N4O3S. The Labute approximate surface area is 171 Å². The SMILES string of the molecule is Cc1ccccc1N(CC(=O)Nc1ccc(Cn2ccnc2C)cc1)S(C)(=O)=O. The second kappa shape index (κ2) is 8.48. The molecule has 3 rings (SSSR count). The minimum absolute atomic E-state index is 0.292. The maximum atomic E-state index is 12.5. The Kier molecular flexibility index (Phi) is 6.03. The molecule has 0 fully saturated rings. The van der Waals surface area contributed by atoms with Crippen molar-refractivity contribution in [3.63, 3.8) is 0 Å². The third kappa shape index (κ3) is 5.23. The average molecular weight is 413 g/mol. The van der Waals surface area contributed by atoms with E-state index in [1.165, 1.54) is 0 Å². The van der Waals surface area contributed by atoms with Crippen LogP contribution in [0.1, 0.15) is 17.0 Å². The largest absolute Gasteiger partial charge is 0.331 e. The highest BCUT2D eigenvalue weighted by molar-refractivity contribution is 7.92. The molecule has 0 bridgehead atoms. The van der Waals surface area contributed by atoms with E-state index in [1.54, 1.807) is 30.5 Å². The van der Waals surface area contributed by atoms with Gasteiger partial charge in [0.25, 0.3) is 0 Å². The summed E-state index contributed by atoms with van der Waals surface area (Å²) in [5, 5.41) is 2.77. The molecule has 0 aliphatic carbocycles. The van der Waals surface area contributed by atoms with E-state index >= 15 is 0 Å². The highest BCUT2D eigenvalue weighted by Gasteiger charge is 2.22. The zero-order chi connectivity index (χ0) is 21.0. The molecule has 0 spiro atoms. The summed E-state index contributed by atoms with van der Waals surface area (Å²) in [5.41, 5.74) is 2.96. The molecule has 1 heterocycles. The Balaban J connectivity index is 1.69. The summed E-state index contributed by atoms with van der Waals surface area (Å²) in [6.45, 7) is 4.15. The Morgan fingerprint density at radius 3 is 2.38 bits per heavy atom. The predicted molar refractivity (Wildman–Crippen MR) is 115 cm³/mol. The normalized spacial score (nSPS) is 11.3. The number of carbonyl (C=O) groups excluding carboxylic acids is 1. The molecule has 0 aliphatic heterocycles. The standard InChI is InChI=1S/C21H24N4O3S/c1-16-6-4-5-7-20(16)25(29(3,27)28)15-21(26)23-19-10-8-18(9-11-19)14-24-13-12-22-17(24)2/h4-13H,14-15H2,1-3H3,(H,23,26). The van der Waals surface area contributed by atoms with Crippen LogP contribution in [0.2, 0.25) is 0 Å². The van der Waals surface area contributed by atoms with Gasteiger partial charge in [-0.05, 0) is 43.2 Å². The van der Waals surface area contributed by atoms with Crippen molar-refractivity contribution in [1.82, 2.24) is 9.55 Å². The van der Waals surface area contributed by atoms with Crippen molar-refractivity contribution in [1.29, 1.82) is 0 Å². The molecule has 0 atom stereocenters. The number of imidazole rings is 1. The van der Waals surface area contributed by atoms with E-state index in [9.17, 15) is 13.2 Å². The number of benzene rings is 2. The molecule has 0 saturated heterocycles. The lowest BCUT2D eigenvalue weighted by Crippen LogP contribution is -2.37. The van der Waals surface area contributed by atoms with E-state index in [4.69, 9.17) is 0 Å². The monoisotopic (exact) mass is 412 g/mol. The smallest absolute Gasteiger partial charge is 0.245 e. The molecule has 29 heavy (non-hydrogen) atoms. The number of anilines is 2. The lowest BCUT2D eigenvalue weighted by molar-refractivity contribution is -0.114. The van der Waals surface area contributed by atoms with Crippen molar-refractivity contribution in [3.8, 4) is 0 Å². The van der Waals surface area contributed by atoms with Crippen molar-refractivity contribution in [3.05, 3.63) is 77.9 Å². The van der Waals surface area contributed by atoms with Gasteiger partial charge in [0.1, 0.15) is 12.4 Å². The molecule has 0 saturated carbocycles. The number of aromatic nitrogens is 2. The lowest BCUT2D eigenvalue weighted by Gasteiger charge is -2.23. The molecule has 0 radical (unpaired) electrons. The molecule has 0 unspecified atom stereocenters. The van der Waals surface area contributed by atoms with Crippen LogP contribution in [0.15, 0.2) is 60.9 Å². The summed E-state index contributed by atoms with van der Waals surface area (Å²) >= 11 is 0. The fourth-order valence-electron chi connectivity index (χ4n) is 3.02. The van der Waals surface area contributed by atoms with E-state index in [0.29, 0.717) is 17.9 Å². The van der Waals surface area contributed by atoms with Crippen LogP contribution in [0.3, 0.4) is 0 Å². The fourth-order valence-corrected chi connectivity index (χ4v) is 3.93. The average Bonchev–Trinajstić information content (AvgIpc) is 3.06. The number of amides is 1. The second-order valence-electron chi connectivity index (χ2n) is 6.90. The summed E-state index contributed by atoms with van der Waals surface area (Å²) < 4.78 is 27.6. The van der Waals surface area contributed by atoms with Crippen LogP contribution in [-0.2, 0) is 21.4 Å². The van der Waals surface area contributed by atoms with E-state index in [0.717, 1.165) is 27.5 Å². The fraction of sp³-hybridized carbons (Fsp3) is 0.238. The van der Waals surface area contributed by atoms with Crippen LogP contribution in [-0.4, -0.2) is 36.7 Å². The lowest BCUT2D eigenvalue weighted by atomic mass is 10.2. The summed E-state index contributed by atoms with van der Waals surface area (Å²) in [7, 11) is -3.60. The minimum Gasteiger partial charge on any atom is -0.331 e. The van der Waals surface area contributed by atoms with Gasteiger partial charge in [0.15, 0.2) is 0 Å². The number of nitrogens with zero attached hydrogens (tertiary/aromatic N) is 3. The molecular weight excluding hydrogens is 388 g/mol. The van der Waals surface area contributed by atoms with E-state index in [2.05, 4.69) is 10.3 Å². The van der Waals surface area contributed by atoms with Gasteiger partial charge in [-0.3, -0.25) is 9.10 Å². The molecule has 3 aromatic rings. The van der Waals surface area contributed by atoms with E-state index < -0.39 is 15.9 Å². The van der Waals surface area contributed by atoms with Crippen LogP contribution in [0.4, 0.5) is 11.4 Å². The third-order valence-corrected chi connectivity index (χ3v) is 5.71. The summed E-state index contributed by atoms with van der Waals surface area (Å²) in [6, 6.07) is 14.5. The van der Waals surface area contributed by atoms with Gasteiger partial charge in [-0.15, -0.1) is 0 Å². The number of para-hydroxylation sites is 1. The first kappa shape index (κ1) is 20.6. The Bertz CT molecular complexity index is 1100. The van der Waals surface area contributed by atoms with Gasteiger partial charge in [0, 0.05) is 24.6 Å². The van der Waals surface area contributed by atoms with Crippen molar-refractivity contribution in [2.45, 2.75) is 20.4 Å². The van der Waals surface area contributed by atoms with E-state index in [1.807, 2.05) is 48.9 Å². The van der Waals surface area contributed by atoms with Gasteiger partial charge in [-0.2, -0.15) is 0 Å². The quantitative estimate of drug-likeness (QED) is 0.647. The first-order valence-electron chi connectivity index (χ1n) is 9.14. The minimum atomic E-state index is -3.60. The maximum Gasteiger partial charge on any atom is 0.245 e. The van der Waals surface area contributed by atoms with E-state index in [-0.39, 0.29) is 6.54 Å². The van der Waals surface area contributed by atoms with Gasteiger partial charge in [-0.1, -0.05) is 30.3 Å². The second-order valence-corrected chi connectivity index (χ2v) is 8.81. The number of sulfonamides is 1. The molecule has 0 aliphatic rings. The molecule has 8 heteroatoms. The summed E-state index contributed by atoms with van der Waals surface area (Å²) in [5.74, 6) is 0.524. The predicted octanol–water partition coefficient (Wildman–Crippen LogP) is 2.95. The Hall–Kier alpha value is -3.13. The molecule has 7 nitrogen and oxygen atoms in total. The third-order valence-electron chi connectivity index (χ3n) is 4.59. The number of aryl methyl sites for hydroxylation is 2. The van der Waals surface area contributed by atoms with Gasteiger partial charge in [0.2, 0.25) is 15.9 Å². The van der Waals surface area contributed by atoms with Crippen LogP contribution < -0.4 is 9.62 Å². The van der Waals surface area contributed by atoms with Crippen LogP contribution in [0.25, 0.3) is 0 Å². The van der Waals surface area contributed by atoms with Crippen molar-refractivity contribution in [2.75, 3.05) is 22.4 Å². The van der Waals surface area contributed by atoms with Gasteiger partial charge >= 0.3 is 0 Å². The molecule has 2 aromatic carbocycles. The number of hydrogen-bond acceptors (Lipinski definition) is 4. The van der Waals surface area contributed by atoms with Crippen molar-refractivity contribution < 1.29 is 13.2 Å². The molecule has 1 aromatic heterocycles. The highest BCUT2D eigenvalue weighted by atomic mass is 32.2.